The number of likely N-dealkylation sites (tertiary alicyclic amines) is 1. The van der Waals surface area contributed by atoms with Gasteiger partial charge in [-0.25, -0.2) is 4.79 Å². The number of benzene rings is 1. The van der Waals surface area contributed by atoms with Crippen LogP contribution in [0.5, 0.6) is 0 Å². The summed E-state index contributed by atoms with van der Waals surface area (Å²) in [5, 5.41) is 2.97. The first kappa shape index (κ1) is 23.8. The van der Waals surface area contributed by atoms with Crippen LogP contribution in [0.3, 0.4) is 0 Å². The molecule has 1 heterocycles. The molecule has 7 nitrogen and oxygen atoms in total. The second kappa shape index (κ2) is 10.2. The van der Waals surface area contributed by atoms with Gasteiger partial charge in [-0.3, -0.25) is 9.59 Å². The van der Waals surface area contributed by atoms with Crippen molar-refractivity contribution < 1.29 is 19.1 Å². The molecule has 0 aromatic heterocycles. The van der Waals surface area contributed by atoms with Crippen LogP contribution >= 0.6 is 0 Å². The Morgan fingerprint density at radius 3 is 2.47 bits per heavy atom. The Hall–Kier alpha value is -2.83. The Bertz CT molecular complexity index is 853. The molecule has 1 aliphatic heterocycles. The van der Waals surface area contributed by atoms with Crippen LogP contribution in [-0.4, -0.2) is 66.0 Å². The zero-order valence-electron chi connectivity index (χ0n) is 19.6. The second-order valence-corrected chi connectivity index (χ2v) is 9.86. The Labute approximate surface area is 190 Å². The summed E-state index contributed by atoms with van der Waals surface area (Å²) in [6.45, 7) is 7.45. The van der Waals surface area contributed by atoms with E-state index in [1.165, 1.54) is 0 Å². The van der Waals surface area contributed by atoms with E-state index in [9.17, 15) is 14.4 Å². The summed E-state index contributed by atoms with van der Waals surface area (Å²) < 4.78 is 5.42. The van der Waals surface area contributed by atoms with Crippen LogP contribution in [0.15, 0.2) is 30.3 Å². The van der Waals surface area contributed by atoms with E-state index in [1.807, 2.05) is 37.8 Å². The van der Waals surface area contributed by atoms with E-state index in [-0.39, 0.29) is 23.8 Å². The van der Waals surface area contributed by atoms with E-state index in [0.29, 0.717) is 24.7 Å². The monoisotopic (exact) mass is 441 g/mol. The van der Waals surface area contributed by atoms with Gasteiger partial charge in [-0.15, -0.1) is 0 Å². The summed E-state index contributed by atoms with van der Waals surface area (Å²) in [5.41, 5.74) is 0.983. The molecule has 1 unspecified atom stereocenters. The molecule has 32 heavy (non-hydrogen) atoms. The Morgan fingerprint density at radius 1 is 1.16 bits per heavy atom. The molecule has 174 valence electrons. The number of piperidine rings is 1. The SMILES string of the molecule is CN(CC1CCCN(C(=O)/C=C/c2ccc(C(=O)NC3CC3)cc2)C1)C(=O)OC(C)(C)C. The predicted octanol–water partition coefficient (Wildman–Crippen LogP) is 3.70. The first-order valence-corrected chi connectivity index (χ1v) is 11.4. The average molecular weight is 442 g/mol. The van der Waals surface area contributed by atoms with Crippen LogP contribution in [0.1, 0.15) is 62.4 Å². The van der Waals surface area contributed by atoms with Crippen LogP contribution in [0.4, 0.5) is 4.79 Å². The summed E-state index contributed by atoms with van der Waals surface area (Å²) in [5.74, 6) is 0.142. The number of nitrogens with zero attached hydrogens (tertiary/aromatic N) is 2. The van der Waals surface area contributed by atoms with Crippen molar-refractivity contribution in [2.45, 2.75) is 58.1 Å². The van der Waals surface area contributed by atoms with Crippen LogP contribution in [0.2, 0.25) is 0 Å². The van der Waals surface area contributed by atoms with Crippen molar-refractivity contribution in [3.8, 4) is 0 Å². The number of carbonyl (C=O) groups is 3. The molecule has 2 aliphatic rings. The molecule has 1 atom stereocenters. The number of carbonyl (C=O) groups excluding carboxylic acids is 3. The third-order valence-corrected chi connectivity index (χ3v) is 5.57. The zero-order chi connectivity index (χ0) is 23.3. The second-order valence-electron chi connectivity index (χ2n) is 9.86. The van der Waals surface area contributed by atoms with Gasteiger partial charge in [0.15, 0.2) is 0 Å². The average Bonchev–Trinajstić information content (AvgIpc) is 3.55. The maximum atomic E-state index is 12.7. The van der Waals surface area contributed by atoms with Crippen LogP contribution in [0.25, 0.3) is 6.08 Å². The summed E-state index contributed by atoms with van der Waals surface area (Å²) in [6, 6.07) is 7.59. The quantitative estimate of drug-likeness (QED) is 0.683. The minimum Gasteiger partial charge on any atom is -0.444 e. The number of ether oxygens (including phenoxy) is 1. The summed E-state index contributed by atoms with van der Waals surface area (Å²) in [7, 11) is 1.74. The van der Waals surface area contributed by atoms with E-state index >= 15 is 0 Å². The standard InChI is InChI=1S/C25H35N3O4/c1-25(2,3)32-24(31)27(4)16-19-6-5-15-28(17-19)22(29)14-9-18-7-10-20(11-8-18)23(30)26-21-12-13-21/h7-11,14,19,21H,5-6,12-13,15-17H2,1-4H3,(H,26,30)/b14-9+. The fourth-order valence-electron chi connectivity index (χ4n) is 3.73. The van der Waals surface area contributed by atoms with Gasteiger partial charge in [0, 0.05) is 44.4 Å². The fraction of sp³-hybridized carbons (Fsp3) is 0.560. The lowest BCUT2D eigenvalue weighted by molar-refractivity contribution is -0.127. The van der Waals surface area contributed by atoms with Crippen molar-refractivity contribution in [2.24, 2.45) is 5.92 Å². The molecule has 0 bridgehead atoms. The van der Waals surface area contributed by atoms with Crippen LogP contribution in [-0.2, 0) is 9.53 Å². The van der Waals surface area contributed by atoms with Crippen molar-refractivity contribution in [3.05, 3.63) is 41.5 Å². The first-order valence-electron chi connectivity index (χ1n) is 11.4. The van der Waals surface area contributed by atoms with Gasteiger partial charge < -0.3 is 19.9 Å². The Morgan fingerprint density at radius 2 is 1.84 bits per heavy atom. The smallest absolute Gasteiger partial charge is 0.410 e. The van der Waals surface area contributed by atoms with Crippen molar-refractivity contribution >= 4 is 24.0 Å². The van der Waals surface area contributed by atoms with Crippen LogP contribution in [0, 0.1) is 5.92 Å². The maximum Gasteiger partial charge on any atom is 0.410 e. The molecule has 0 spiro atoms. The molecule has 1 aliphatic carbocycles. The molecule has 1 saturated heterocycles. The molecule has 3 amide bonds. The molecule has 0 radical (unpaired) electrons. The van der Waals surface area contributed by atoms with Gasteiger partial charge >= 0.3 is 6.09 Å². The molecule has 7 heteroatoms. The molecule has 3 rings (SSSR count). The first-order chi connectivity index (χ1) is 15.1. The highest BCUT2D eigenvalue weighted by Crippen LogP contribution is 2.20. The normalized spacial score (nSPS) is 19.0. The third kappa shape index (κ3) is 7.39. The summed E-state index contributed by atoms with van der Waals surface area (Å²) in [4.78, 5) is 40.4. The van der Waals surface area contributed by atoms with Crippen molar-refractivity contribution in [1.82, 2.24) is 15.1 Å². The minimum absolute atomic E-state index is 0.0369. The lowest BCUT2D eigenvalue weighted by Crippen LogP contribution is -2.44. The van der Waals surface area contributed by atoms with Crippen molar-refractivity contribution in [3.63, 3.8) is 0 Å². The fourth-order valence-corrected chi connectivity index (χ4v) is 3.73. The van der Waals surface area contributed by atoms with Gasteiger partial charge in [-0.2, -0.15) is 0 Å². The highest BCUT2D eigenvalue weighted by atomic mass is 16.6. The van der Waals surface area contributed by atoms with E-state index in [2.05, 4.69) is 5.32 Å². The lowest BCUT2D eigenvalue weighted by Gasteiger charge is -2.34. The largest absolute Gasteiger partial charge is 0.444 e. The number of nitrogens with one attached hydrogen (secondary N) is 1. The van der Waals surface area contributed by atoms with Crippen LogP contribution < -0.4 is 5.32 Å². The number of hydrogen-bond acceptors (Lipinski definition) is 4. The molecule has 1 aromatic rings. The highest BCUT2D eigenvalue weighted by Gasteiger charge is 2.27. The molecular weight excluding hydrogens is 406 g/mol. The Balaban J connectivity index is 1.49. The number of amides is 3. The van der Waals surface area contributed by atoms with E-state index < -0.39 is 5.60 Å². The highest BCUT2D eigenvalue weighted by molar-refractivity contribution is 5.95. The van der Waals surface area contributed by atoms with Gasteiger partial charge in [0.1, 0.15) is 5.60 Å². The van der Waals surface area contributed by atoms with Gasteiger partial charge in [-0.1, -0.05) is 12.1 Å². The molecule has 2 fully saturated rings. The molecule has 1 saturated carbocycles. The number of rotatable bonds is 6. The summed E-state index contributed by atoms with van der Waals surface area (Å²) >= 11 is 0. The molecular formula is C25H35N3O4. The zero-order valence-corrected chi connectivity index (χ0v) is 19.6. The third-order valence-electron chi connectivity index (χ3n) is 5.57. The molecule has 1 aromatic carbocycles. The summed E-state index contributed by atoms with van der Waals surface area (Å²) in [6.07, 6.45) is 7.03. The van der Waals surface area contributed by atoms with E-state index in [0.717, 1.165) is 37.8 Å². The minimum atomic E-state index is -0.524. The number of hydrogen-bond donors (Lipinski definition) is 1. The lowest BCUT2D eigenvalue weighted by atomic mass is 9.97. The van der Waals surface area contributed by atoms with Gasteiger partial charge in [0.25, 0.3) is 5.91 Å². The van der Waals surface area contributed by atoms with E-state index in [4.69, 9.17) is 4.74 Å². The predicted molar refractivity (Wildman–Crippen MR) is 124 cm³/mol. The topological polar surface area (TPSA) is 79.0 Å². The van der Waals surface area contributed by atoms with Gasteiger partial charge in [-0.05, 0) is 76.1 Å². The van der Waals surface area contributed by atoms with Crippen molar-refractivity contribution in [1.29, 1.82) is 0 Å². The Kier molecular flexibility index (Phi) is 7.59. The maximum absolute atomic E-state index is 12.7. The van der Waals surface area contributed by atoms with Gasteiger partial charge in [0.2, 0.25) is 5.91 Å². The van der Waals surface area contributed by atoms with Crippen molar-refractivity contribution in [2.75, 3.05) is 26.7 Å². The van der Waals surface area contributed by atoms with E-state index in [1.54, 1.807) is 36.2 Å². The van der Waals surface area contributed by atoms with Gasteiger partial charge in [0.05, 0.1) is 0 Å². The molecule has 1 N–H and O–H groups in total.